The molecule has 0 radical (unpaired) electrons. The van der Waals surface area contributed by atoms with Gasteiger partial charge >= 0.3 is 5.97 Å². The molecule has 1 aliphatic rings. The summed E-state index contributed by atoms with van der Waals surface area (Å²) in [4.78, 5) is 25.8. The molecule has 0 bridgehead atoms. The normalized spacial score (nSPS) is 13.0. The second-order valence-corrected chi connectivity index (χ2v) is 8.25. The number of nitrogens with one attached hydrogen (secondary N) is 1. The summed E-state index contributed by atoms with van der Waals surface area (Å²) in [6, 6.07) is 13.0. The summed E-state index contributed by atoms with van der Waals surface area (Å²) in [6.07, 6.45) is 8.97. The molecule has 0 spiro atoms. The second-order valence-electron chi connectivity index (χ2n) is 7.14. The smallest absolute Gasteiger partial charge is 0.338 e. The highest BCUT2D eigenvalue weighted by atomic mass is 32.1. The molecule has 0 atom stereocenters. The number of nitrogens with zero attached hydrogens (tertiary/aromatic N) is 2. The lowest BCUT2D eigenvalue weighted by Crippen LogP contribution is -2.21. The third kappa shape index (κ3) is 4.29. The number of carbonyl (C=O) groups is 2. The highest BCUT2D eigenvalue weighted by Gasteiger charge is 2.21. The lowest BCUT2D eigenvalue weighted by Gasteiger charge is -2.07. The molecule has 6 nitrogen and oxygen atoms in total. The summed E-state index contributed by atoms with van der Waals surface area (Å²) in [5.41, 5.74) is 2.92. The number of rotatable bonds is 5. The predicted octanol–water partition coefficient (Wildman–Crippen LogP) is 4.47. The van der Waals surface area contributed by atoms with Crippen LogP contribution in [0.25, 0.3) is 5.69 Å². The van der Waals surface area contributed by atoms with E-state index in [4.69, 9.17) is 4.74 Å². The van der Waals surface area contributed by atoms with Crippen LogP contribution in [0, 0.1) is 11.3 Å². The minimum atomic E-state index is -0.563. The molecule has 1 aromatic carbocycles. The van der Waals surface area contributed by atoms with Gasteiger partial charge in [-0.25, -0.2) is 4.79 Å². The summed E-state index contributed by atoms with van der Waals surface area (Å²) in [7, 11) is 0. The fourth-order valence-corrected chi connectivity index (χ4v) is 4.86. The molecular formula is C23H21N3O3S. The van der Waals surface area contributed by atoms with Crippen LogP contribution in [-0.2, 0) is 22.4 Å². The Balaban J connectivity index is 1.36. The minimum absolute atomic E-state index is 0.374. The molecule has 0 unspecified atom stereocenters. The molecule has 4 rings (SSSR count). The van der Waals surface area contributed by atoms with Crippen LogP contribution in [0.2, 0.25) is 0 Å². The highest BCUT2D eigenvalue weighted by Crippen LogP contribution is 2.36. The number of nitriles is 1. The molecule has 2 aromatic heterocycles. The molecule has 30 heavy (non-hydrogen) atoms. The van der Waals surface area contributed by atoms with Crippen LogP contribution in [0.5, 0.6) is 0 Å². The molecule has 7 heteroatoms. The van der Waals surface area contributed by atoms with Crippen LogP contribution in [0.1, 0.15) is 45.6 Å². The van der Waals surface area contributed by atoms with E-state index in [2.05, 4.69) is 11.4 Å². The van der Waals surface area contributed by atoms with Crippen molar-refractivity contribution in [3.05, 3.63) is 70.4 Å². The topological polar surface area (TPSA) is 84.1 Å². The monoisotopic (exact) mass is 419 g/mol. The van der Waals surface area contributed by atoms with E-state index in [9.17, 15) is 14.9 Å². The number of amides is 1. The standard InChI is InChI=1S/C23H21N3O3S/c24-14-19-18-6-2-1-3-7-20(18)30-22(19)25-21(27)15-29-23(28)16-8-10-17(11-9-16)26-12-4-5-13-26/h4-5,8-13H,1-3,6-7,15H2,(H,25,27). The molecule has 1 N–H and O–H groups in total. The van der Waals surface area contributed by atoms with Gasteiger partial charge in [0, 0.05) is 23.0 Å². The Labute approximate surface area is 178 Å². The van der Waals surface area contributed by atoms with Crippen molar-refractivity contribution in [1.82, 2.24) is 4.57 Å². The van der Waals surface area contributed by atoms with Gasteiger partial charge in [0.15, 0.2) is 6.61 Å². The number of ether oxygens (including phenoxy) is 1. The summed E-state index contributed by atoms with van der Waals surface area (Å²) >= 11 is 1.46. The number of carbonyl (C=O) groups excluding carboxylic acids is 2. The van der Waals surface area contributed by atoms with Crippen molar-refractivity contribution in [1.29, 1.82) is 5.26 Å². The lowest BCUT2D eigenvalue weighted by molar-refractivity contribution is -0.119. The van der Waals surface area contributed by atoms with E-state index < -0.39 is 18.5 Å². The Morgan fingerprint density at radius 1 is 1.10 bits per heavy atom. The van der Waals surface area contributed by atoms with Crippen molar-refractivity contribution >= 4 is 28.2 Å². The highest BCUT2D eigenvalue weighted by molar-refractivity contribution is 7.16. The van der Waals surface area contributed by atoms with Crippen molar-refractivity contribution in [3.63, 3.8) is 0 Å². The zero-order valence-electron chi connectivity index (χ0n) is 16.4. The van der Waals surface area contributed by atoms with Gasteiger partial charge in [0.25, 0.3) is 5.91 Å². The quantitative estimate of drug-likeness (QED) is 0.488. The summed E-state index contributed by atoms with van der Waals surface area (Å²) < 4.78 is 7.08. The molecule has 1 amide bonds. The van der Waals surface area contributed by atoms with E-state index in [0.29, 0.717) is 16.1 Å². The number of esters is 1. The maximum Gasteiger partial charge on any atom is 0.338 e. The van der Waals surface area contributed by atoms with E-state index in [1.54, 1.807) is 12.1 Å². The number of aryl methyl sites for hydroxylation is 1. The van der Waals surface area contributed by atoms with Crippen molar-refractivity contribution < 1.29 is 14.3 Å². The van der Waals surface area contributed by atoms with Crippen LogP contribution in [0.15, 0.2) is 48.8 Å². The predicted molar refractivity (Wildman–Crippen MR) is 115 cm³/mol. The maximum atomic E-state index is 12.3. The molecule has 0 fully saturated rings. The lowest BCUT2D eigenvalue weighted by atomic mass is 10.1. The Morgan fingerprint density at radius 3 is 2.57 bits per heavy atom. The minimum Gasteiger partial charge on any atom is -0.452 e. The number of hydrogen-bond donors (Lipinski definition) is 1. The van der Waals surface area contributed by atoms with Crippen molar-refractivity contribution in [3.8, 4) is 11.8 Å². The van der Waals surface area contributed by atoms with Crippen LogP contribution < -0.4 is 5.32 Å². The summed E-state index contributed by atoms with van der Waals surface area (Å²) in [6.45, 7) is -0.397. The average Bonchev–Trinajstić information content (AvgIpc) is 3.35. The fraction of sp³-hybridized carbons (Fsp3) is 0.261. The Kier molecular flexibility index (Phi) is 5.96. The average molecular weight is 420 g/mol. The van der Waals surface area contributed by atoms with Gasteiger partial charge < -0.3 is 14.6 Å². The number of fused-ring (bicyclic) bond motifs is 1. The van der Waals surface area contributed by atoms with E-state index >= 15 is 0 Å². The van der Waals surface area contributed by atoms with Gasteiger partial charge in [0.2, 0.25) is 0 Å². The van der Waals surface area contributed by atoms with Gasteiger partial charge in [-0.15, -0.1) is 11.3 Å². The molecule has 2 heterocycles. The number of thiophene rings is 1. The first-order chi connectivity index (χ1) is 14.7. The van der Waals surface area contributed by atoms with Crippen molar-refractivity contribution in [2.24, 2.45) is 0 Å². The molecule has 0 saturated carbocycles. The number of anilines is 1. The molecule has 152 valence electrons. The third-order valence-corrected chi connectivity index (χ3v) is 6.33. The zero-order valence-corrected chi connectivity index (χ0v) is 17.2. The second kappa shape index (κ2) is 8.97. The molecular weight excluding hydrogens is 398 g/mol. The number of benzene rings is 1. The SMILES string of the molecule is N#Cc1c(NC(=O)COC(=O)c2ccc(-n3cccc3)cc2)sc2c1CCCCC2. The van der Waals surface area contributed by atoms with E-state index in [1.807, 2.05) is 41.2 Å². The largest absolute Gasteiger partial charge is 0.452 e. The Hall–Kier alpha value is -3.37. The van der Waals surface area contributed by atoms with Crippen LogP contribution in [-0.4, -0.2) is 23.1 Å². The third-order valence-electron chi connectivity index (χ3n) is 5.13. The van der Waals surface area contributed by atoms with Gasteiger partial charge in [-0.2, -0.15) is 5.26 Å². The summed E-state index contributed by atoms with van der Waals surface area (Å²) in [5.74, 6) is -1.01. The first-order valence-corrected chi connectivity index (χ1v) is 10.7. The number of aromatic nitrogens is 1. The van der Waals surface area contributed by atoms with Gasteiger partial charge in [-0.05, 0) is 67.6 Å². The van der Waals surface area contributed by atoms with Gasteiger partial charge in [-0.3, -0.25) is 4.79 Å². The molecule has 0 aliphatic heterocycles. The first-order valence-electron chi connectivity index (χ1n) is 9.90. The van der Waals surface area contributed by atoms with Crippen LogP contribution in [0.4, 0.5) is 5.00 Å². The van der Waals surface area contributed by atoms with Crippen molar-refractivity contribution in [2.75, 3.05) is 11.9 Å². The van der Waals surface area contributed by atoms with E-state index in [0.717, 1.165) is 43.4 Å². The molecule has 0 saturated heterocycles. The van der Waals surface area contributed by atoms with E-state index in [1.165, 1.54) is 16.2 Å². The van der Waals surface area contributed by atoms with Crippen LogP contribution in [0.3, 0.4) is 0 Å². The van der Waals surface area contributed by atoms with Crippen molar-refractivity contribution in [2.45, 2.75) is 32.1 Å². The first kappa shape index (κ1) is 19.9. The van der Waals surface area contributed by atoms with E-state index in [-0.39, 0.29) is 0 Å². The number of hydrogen-bond acceptors (Lipinski definition) is 5. The summed E-state index contributed by atoms with van der Waals surface area (Å²) in [5, 5.41) is 12.9. The molecule has 1 aliphatic carbocycles. The molecule has 3 aromatic rings. The van der Waals surface area contributed by atoms with Gasteiger partial charge in [-0.1, -0.05) is 6.42 Å². The Morgan fingerprint density at radius 2 is 1.83 bits per heavy atom. The Bertz CT molecular complexity index is 1090. The van der Waals surface area contributed by atoms with Gasteiger partial charge in [0.05, 0.1) is 11.1 Å². The maximum absolute atomic E-state index is 12.3. The zero-order chi connectivity index (χ0) is 20.9. The fourth-order valence-electron chi connectivity index (χ4n) is 3.60. The van der Waals surface area contributed by atoms with Gasteiger partial charge in [0.1, 0.15) is 11.1 Å². The van der Waals surface area contributed by atoms with Crippen LogP contribution >= 0.6 is 11.3 Å².